The minimum Gasteiger partial charge on any atom is -0.368 e. The van der Waals surface area contributed by atoms with E-state index in [1.54, 1.807) is 6.92 Å². The molecule has 0 unspecified atom stereocenters. The van der Waals surface area contributed by atoms with Crippen molar-refractivity contribution >= 4 is 11.8 Å². The number of nitrogens with zero attached hydrogens (tertiary/aromatic N) is 1. The molecule has 0 aliphatic carbocycles. The lowest BCUT2D eigenvalue weighted by molar-refractivity contribution is -0.117. The molecular formula is C13H13N3O3. The monoisotopic (exact) mass is 259 g/mol. The van der Waals surface area contributed by atoms with Crippen LogP contribution in [-0.4, -0.2) is 23.5 Å². The topological polar surface area (TPSA) is 98.2 Å². The Morgan fingerprint density at radius 1 is 1.32 bits per heavy atom. The first-order chi connectivity index (χ1) is 9.09. The quantitative estimate of drug-likeness (QED) is 0.850. The molecule has 6 heteroatoms. The van der Waals surface area contributed by atoms with Gasteiger partial charge < -0.3 is 15.6 Å². The van der Waals surface area contributed by atoms with Crippen molar-refractivity contribution < 1.29 is 14.1 Å². The van der Waals surface area contributed by atoms with Crippen LogP contribution in [0.15, 0.2) is 34.9 Å². The van der Waals surface area contributed by atoms with Crippen molar-refractivity contribution in [2.75, 3.05) is 6.54 Å². The first-order valence-corrected chi connectivity index (χ1v) is 5.68. The molecule has 3 N–H and O–H groups in total. The molecule has 0 atom stereocenters. The molecule has 0 saturated carbocycles. The Morgan fingerprint density at radius 3 is 2.63 bits per heavy atom. The third kappa shape index (κ3) is 2.79. The van der Waals surface area contributed by atoms with Gasteiger partial charge >= 0.3 is 0 Å². The maximum atomic E-state index is 12.0. The van der Waals surface area contributed by atoms with Crippen LogP contribution < -0.4 is 11.1 Å². The summed E-state index contributed by atoms with van der Waals surface area (Å²) >= 11 is 0. The van der Waals surface area contributed by atoms with Gasteiger partial charge in [-0.05, 0) is 6.92 Å². The third-order valence-electron chi connectivity index (χ3n) is 2.56. The number of benzene rings is 1. The SMILES string of the molecule is Cc1onc(-c2ccccc2)c1C(=O)NCC(N)=O. The fourth-order valence-electron chi connectivity index (χ4n) is 1.69. The first kappa shape index (κ1) is 12.8. The van der Waals surface area contributed by atoms with Crippen molar-refractivity contribution in [2.24, 2.45) is 5.73 Å². The lowest BCUT2D eigenvalue weighted by Crippen LogP contribution is -2.33. The van der Waals surface area contributed by atoms with E-state index < -0.39 is 11.8 Å². The van der Waals surface area contributed by atoms with Crippen molar-refractivity contribution in [1.29, 1.82) is 0 Å². The number of nitrogens with two attached hydrogens (primary N) is 1. The minimum atomic E-state index is -0.608. The number of primary amides is 1. The summed E-state index contributed by atoms with van der Waals surface area (Å²) in [5.74, 6) is -0.652. The Kier molecular flexibility index (Phi) is 3.61. The second-order valence-electron chi connectivity index (χ2n) is 3.98. The molecule has 0 aliphatic heterocycles. The normalized spacial score (nSPS) is 10.2. The Bertz CT molecular complexity index is 605. The van der Waals surface area contributed by atoms with E-state index >= 15 is 0 Å². The van der Waals surface area contributed by atoms with Gasteiger partial charge in [0.1, 0.15) is 17.0 Å². The number of hydrogen-bond donors (Lipinski definition) is 2. The maximum absolute atomic E-state index is 12.0. The molecule has 0 radical (unpaired) electrons. The molecule has 1 aromatic carbocycles. The standard InChI is InChI=1S/C13H13N3O3/c1-8-11(13(18)15-7-10(14)17)12(16-19-8)9-5-3-2-4-6-9/h2-6H,7H2,1H3,(H2,14,17)(H,15,18). The van der Waals surface area contributed by atoms with Crippen LogP contribution in [0.4, 0.5) is 0 Å². The molecule has 0 saturated heterocycles. The predicted octanol–water partition coefficient (Wildman–Crippen LogP) is 0.865. The number of aromatic nitrogens is 1. The van der Waals surface area contributed by atoms with Crippen LogP contribution in [0.3, 0.4) is 0 Å². The Balaban J connectivity index is 2.33. The fraction of sp³-hybridized carbons (Fsp3) is 0.154. The van der Waals surface area contributed by atoms with E-state index in [9.17, 15) is 9.59 Å². The van der Waals surface area contributed by atoms with E-state index in [0.29, 0.717) is 17.0 Å². The summed E-state index contributed by atoms with van der Waals surface area (Å²) in [6.07, 6.45) is 0. The van der Waals surface area contributed by atoms with Crippen LogP contribution in [0.5, 0.6) is 0 Å². The highest BCUT2D eigenvalue weighted by Gasteiger charge is 2.21. The molecule has 19 heavy (non-hydrogen) atoms. The van der Waals surface area contributed by atoms with Gasteiger partial charge in [0, 0.05) is 5.56 Å². The molecule has 2 rings (SSSR count). The van der Waals surface area contributed by atoms with E-state index in [1.807, 2.05) is 30.3 Å². The van der Waals surface area contributed by atoms with Gasteiger partial charge in [0.05, 0.1) is 6.54 Å². The second kappa shape index (κ2) is 5.34. The summed E-state index contributed by atoms with van der Waals surface area (Å²) in [6, 6.07) is 9.18. The zero-order valence-electron chi connectivity index (χ0n) is 10.3. The number of carbonyl (C=O) groups excluding carboxylic acids is 2. The molecule has 1 heterocycles. The van der Waals surface area contributed by atoms with E-state index in [2.05, 4.69) is 10.5 Å². The number of amides is 2. The summed E-state index contributed by atoms with van der Waals surface area (Å²) in [5, 5.41) is 6.30. The molecular weight excluding hydrogens is 246 g/mol. The molecule has 0 bridgehead atoms. The van der Waals surface area contributed by atoms with Gasteiger partial charge in [-0.3, -0.25) is 9.59 Å². The first-order valence-electron chi connectivity index (χ1n) is 5.68. The number of nitrogens with one attached hydrogen (secondary N) is 1. The van der Waals surface area contributed by atoms with Gasteiger partial charge in [-0.2, -0.15) is 0 Å². The highest BCUT2D eigenvalue weighted by Crippen LogP contribution is 2.24. The Labute approximate surface area is 109 Å². The van der Waals surface area contributed by atoms with Crippen molar-refractivity contribution in [3.05, 3.63) is 41.7 Å². The summed E-state index contributed by atoms with van der Waals surface area (Å²) in [6.45, 7) is 1.41. The lowest BCUT2D eigenvalue weighted by Gasteiger charge is -2.03. The van der Waals surface area contributed by atoms with Crippen LogP contribution in [0.25, 0.3) is 11.3 Å². The number of rotatable bonds is 4. The van der Waals surface area contributed by atoms with Crippen molar-refractivity contribution in [1.82, 2.24) is 10.5 Å². The van der Waals surface area contributed by atoms with E-state index in [0.717, 1.165) is 5.56 Å². The van der Waals surface area contributed by atoms with Gasteiger partial charge in [-0.15, -0.1) is 0 Å². The molecule has 0 fully saturated rings. The van der Waals surface area contributed by atoms with E-state index in [1.165, 1.54) is 0 Å². The molecule has 98 valence electrons. The summed E-state index contributed by atoms with van der Waals surface area (Å²) in [5.41, 5.74) is 6.51. The van der Waals surface area contributed by atoms with Gasteiger partial charge in [0.25, 0.3) is 5.91 Å². The summed E-state index contributed by atoms with van der Waals surface area (Å²) in [7, 11) is 0. The summed E-state index contributed by atoms with van der Waals surface area (Å²) in [4.78, 5) is 22.7. The average molecular weight is 259 g/mol. The van der Waals surface area contributed by atoms with E-state index in [-0.39, 0.29) is 6.54 Å². The largest absolute Gasteiger partial charge is 0.368 e. The lowest BCUT2D eigenvalue weighted by atomic mass is 10.1. The van der Waals surface area contributed by atoms with Crippen molar-refractivity contribution in [2.45, 2.75) is 6.92 Å². The molecule has 0 spiro atoms. The van der Waals surface area contributed by atoms with Crippen molar-refractivity contribution in [3.8, 4) is 11.3 Å². The van der Waals surface area contributed by atoms with Crippen LogP contribution in [0, 0.1) is 6.92 Å². The van der Waals surface area contributed by atoms with Gasteiger partial charge in [-0.25, -0.2) is 0 Å². The van der Waals surface area contributed by atoms with Crippen LogP contribution >= 0.6 is 0 Å². The Hall–Kier alpha value is -2.63. The third-order valence-corrected chi connectivity index (χ3v) is 2.56. The average Bonchev–Trinajstić information content (AvgIpc) is 2.79. The zero-order chi connectivity index (χ0) is 13.8. The number of aryl methyl sites for hydroxylation is 1. The van der Waals surface area contributed by atoms with E-state index in [4.69, 9.17) is 10.3 Å². The Morgan fingerprint density at radius 2 is 2.00 bits per heavy atom. The minimum absolute atomic E-state index is 0.225. The van der Waals surface area contributed by atoms with Gasteiger partial charge in [0.2, 0.25) is 5.91 Å². The maximum Gasteiger partial charge on any atom is 0.257 e. The fourth-order valence-corrected chi connectivity index (χ4v) is 1.69. The zero-order valence-corrected chi connectivity index (χ0v) is 10.3. The molecule has 2 amide bonds. The molecule has 0 aliphatic rings. The van der Waals surface area contributed by atoms with Crippen molar-refractivity contribution in [3.63, 3.8) is 0 Å². The second-order valence-corrected chi connectivity index (χ2v) is 3.98. The molecule has 1 aromatic heterocycles. The highest BCUT2D eigenvalue weighted by atomic mass is 16.5. The summed E-state index contributed by atoms with van der Waals surface area (Å²) < 4.78 is 5.05. The highest BCUT2D eigenvalue weighted by molar-refractivity contribution is 6.02. The molecule has 6 nitrogen and oxygen atoms in total. The van der Waals surface area contributed by atoms with Gasteiger partial charge in [-0.1, -0.05) is 35.5 Å². The number of hydrogen-bond acceptors (Lipinski definition) is 4. The smallest absolute Gasteiger partial charge is 0.257 e. The predicted molar refractivity (Wildman–Crippen MR) is 68.2 cm³/mol. The van der Waals surface area contributed by atoms with Crippen LogP contribution in [0.2, 0.25) is 0 Å². The number of carbonyl (C=O) groups is 2. The van der Waals surface area contributed by atoms with Crippen LogP contribution in [0.1, 0.15) is 16.1 Å². The molecule has 2 aromatic rings. The van der Waals surface area contributed by atoms with Crippen LogP contribution in [-0.2, 0) is 4.79 Å². The van der Waals surface area contributed by atoms with Gasteiger partial charge in [0.15, 0.2) is 0 Å².